The Balaban J connectivity index is 1.84. The van der Waals surface area contributed by atoms with Crippen LogP contribution >= 0.6 is 16.1 Å². The van der Waals surface area contributed by atoms with Gasteiger partial charge in [-0.15, -0.1) is 0 Å². The van der Waals surface area contributed by atoms with Gasteiger partial charge in [0.2, 0.25) is 0 Å². The minimum atomic E-state index is -1.11. The van der Waals surface area contributed by atoms with E-state index in [1.54, 1.807) is 0 Å². The van der Waals surface area contributed by atoms with Crippen molar-refractivity contribution in [1.82, 2.24) is 4.86 Å². The molecule has 0 spiro atoms. The Labute approximate surface area is 235 Å². The Morgan fingerprint density at radius 3 is 0.923 bits per heavy atom. The van der Waals surface area contributed by atoms with Gasteiger partial charge in [0, 0.05) is 37.4 Å². The normalized spacial score (nSPS) is 11.0. The molecule has 0 aliphatic rings. The van der Waals surface area contributed by atoms with E-state index in [4.69, 9.17) is 23.8 Å². The number of hydrogen-bond acceptors (Lipinski definition) is 4. The average Bonchev–Trinajstić information content (AvgIpc) is 2.95. The summed E-state index contributed by atoms with van der Waals surface area (Å²) in [6.45, 7) is 10.4. The van der Waals surface area contributed by atoms with Crippen molar-refractivity contribution in [3.05, 3.63) is 97.1 Å². The van der Waals surface area contributed by atoms with Gasteiger partial charge in [0.05, 0.1) is 26.4 Å². The van der Waals surface area contributed by atoms with E-state index in [1.807, 2.05) is 76.2 Å². The van der Waals surface area contributed by atoms with E-state index in [-0.39, 0.29) is 0 Å². The highest BCUT2D eigenvalue weighted by atomic mass is 31.2. The molecule has 0 heterocycles. The van der Waals surface area contributed by atoms with E-state index < -0.39 is 16.1 Å². The highest BCUT2D eigenvalue weighted by molar-refractivity contribution is 7.85. The monoisotopic (exact) mass is 560 g/mol. The molecule has 203 valence electrons. The number of nitrogens with zero attached hydrogens (tertiary/aromatic N) is 1. The smallest absolute Gasteiger partial charge is 0.119 e. The van der Waals surface area contributed by atoms with Gasteiger partial charge >= 0.3 is 0 Å². The average molecular weight is 561 g/mol. The molecule has 1 radical (unpaired) electrons. The molecule has 0 bridgehead atoms. The zero-order valence-corrected chi connectivity index (χ0v) is 24.8. The lowest BCUT2D eigenvalue weighted by molar-refractivity contribution is 0.340. The first-order valence-electron chi connectivity index (χ1n) is 13.4. The summed E-state index contributed by atoms with van der Waals surface area (Å²) in [6, 6.07) is 33.2. The Hall–Kier alpha value is -3.10. The largest absolute Gasteiger partial charge is 0.494 e. The van der Waals surface area contributed by atoms with Gasteiger partial charge in [0.25, 0.3) is 0 Å². The second-order valence-electron chi connectivity index (χ2n) is 8.43. The molecular weight excluding hydrogens is 524 g/mol. The highest BCUT2D eigenvalue weighted by Crippen LogP contribution is 2.46. The lowest BCUT2D eigenvalue weighted by atomic mass is 10.3. The highest BCUT2D eigenvalue weighted by Gasteiger charge is 2.25. The van der Waals surface area contributed by atoms with Gasteiger partial charge in [0.15, 0.2) is 0 Å². The van der Waals surface area contributed by atoms with Crippen LogP contribution in [0.25, 0.3) is 0 Å². The molecular formula is C32H36NO4P2. The lowest BCUT2D eigenvalue weighted by Gasteiger charge is -2.26. The fraction of sp³-hybridized carbons (Fsp3) is 0.250. The number of rotatable bonds is 14. The predicted molar refractivity (Wildman–Crippen MR) is 165 cm³/mol. The van der Waals surface area contributed by atoms with Crippen molar-refractivity contribution in [2.24, 2.45) is 0 Å². The molecule has 0 atom stereocenters. The Morgan fingerprint density at radius 1 is 0.436 bits per heavy atom. The molecule has 4 aromatic rings. The first-order valence-corrected chi connectivity index (χ1v) is 16.0. The third-order valence-corrected chi connectivity index (χ3v) is 10.2. The second-order valence-corrected chi connectivity index (χ2v) is 12.5. The molecule has 0 saturated heterocycles. The van der Waals surface area contributed by atoms with E-state index in [1.165, 1.54) is 0 Å². The summed E-state index contributed by atoms with van der Waals surface area (Å²) >= 11 is 0. The Kier molecular flexibility index (Phi) is 11.0. The molecule has 0 fully saturated rings. The molecule has 5 nitrogen and oxygen atoms in total. The Morgan fingerprint density at radius 2 is 0.692 bits per heavy atom. The number of ether oxygens (including phenoxy) is 4. The quantitative estimate of drug-likeness (QED) is 0.170. The van der Waals surface area contributed by atoms with Crippen molar-refractivity contribution in [1.29, 1.82) is 0 Å². The molecule has 0 unspecified atom stereocenters. The summed E-state index contributed by atoms with van der Waals surface area (Å²) in [5, 5.41) is 4.50. The van der Waals surface area contributed by atoms with Crippen LogP contribution in [0.4, 0.5) is 0 Å². The van der Waals surface area contributed by atoms with Crippen LogP contribution in [-0.2, 0) is 0 Å². The molecule has 0 amide bonds. The fourth-order valence-electron chi connectivity index (χ4n) is 4.08. The maximum Gasteiger partial charge on any atom is 0.119 e. The molecule has 0 aliphatic carbocycles. The first-order chi connectivity index (χ1) is 19.1. The van der Waals surface area contributed by atoms with Crippen LogP contribution in [0.15, 0.2) is 97.1 Å². The van der Waals surface area contributed by atoms with Crippen LogP contribution < -0.4 is 45.0 Å². The summed E-state index contributed by atoms with van der Waals surface area (Å²) in [5.74, 6) is 3.39. The van der Waals surface area contributed by atoms with Gasteiger partial charge in [0.1, 0.15) is 23.0 Å². The van der Waals surface area contributed by atoms with Crippen LogP contribution in [0.3, 0.4) is 0 Å². The third kappa shape index (κ3) is 7.96. The van der Waals surface area contributed by atoms with Gasteiger partial charge < -0.3 is 18.9 Å². The Bertz CT molecular complexity index is 1130. The standard InChI is InChI=1S/C32H36NO4P2/c1-5-34-25-13-9-17-29(21-25)38(30-18-10-14-26(22-30)35-6-2)33-39(31-19-11-15-27(23-31)36-7-3)32-20-12-16-28(24-32)37-8-4/h9-24H,5-8H2,1-4H3. The predicted octanol–water partition coefficient (Wildman–Crippen LogP) is 6.28. The zero-order valence-electron chi connectivity index (χ0n) is 23.0. The second kappa shape index (κ2) is 14.9. The van der Waals surface area contributed by atoms with Crippen LogP contribution in [0.1, 0.15) is 27.7 Å². The van der Waals surface area contributed by atoms with Crippen LogP contribution in [0.5, 0.6) is 23.0 Å². The van der Waals surface area contributed by atoms with Gasteiger partial charge in [-0.05, 0) is 76.2 Å². The topological polar surface area (TPSA) is 51.0 Å². The summed E-state index contributed by atoms with van der Waals surface area (Å²) < 4.78 is 23.5. The first kappa shape index (κ1) is 28.9. The van der Waals surface area contributed by atoms with E-state index in [0.717, 1.165) is 44.2 Å². The molecule has 0 N–H and O–H groups in total. The number of hydrogen-bond donors (Lipinski definition) is 0. The molecule has 0 aliphatic heterocycles. The minimum Gasteiger partial charge on any atom is -0.494 e. The molecule has 4 aromatic carbocycles. The molecule has 0 saturated carbocycles. The van der Waals surface area contributed by atoms with Gasteiger partial charge in [-0.2, -0.15) is 4.86 Å². The fourth-order valence-corrected chi connectivity index (χ4v) is 8.95. The zero-order chi connectivity index (χ0) is 27.5. The summed E-state index contributed by atoms with van der Waals surface area (Å²) in [6.07, 6.45) is 0. The molecule has 0 aromatic heterocycles. The van der Waals surface area contributed by atoms with E-state index in [2.05, 4.69) is 48.5 Å². The maximum absolute atomic E-state index is 5.87. The summed E-state index contributed by atoms with van der Waals surface area (Å²) in [4.78, 5) is 5.67. The van der Waals surface area contributed by atoms with E-state index in [0.29, 0.717) is 26.4 Å². The van der Waals surface area contributed by atoms with Gasteiger partial charge in [-0.3, -0.25) is 0 Å². The SMILES string of the molecule is CCOc1cccc(P([N]P(c2cccc(OCC)c2)c2cccc(OCC)c2)c2cccc(OCC)c2)c1. The van der Waals surface area contributed by atoms with Crippen molar-refractivity contribution in [2.45, 2.75) is 27.7 Å². The van der Waals surface area contributed by atoms with Crippen LogP contribution in [0.2, 0.25) is 0 Å². The van der Waals surface area contributed by atoms with E-state index >= 15 is 0 Å². The van der Waals surface area contributed by atoms with Crippen molar-refractivity contribution < 1.29 is 18.9 Å². The van der Waals surface area contributed by atoms with Crippen molar-refractivity contribution in [3.63, 3.8) is 0 Å². The van der Waals surface area contributed by atoms with Crippen molar-refractivity contribution in [3.8, 4) is 23.0 Å². The molecule has 7 heteroatoms. The minimum absolute atomic E-state index is 0.611. The van der Waals surface area contributed by atoms with Crippen molar-refractivity contribution in [2.75, 3.05) is 26.4 Å². The van der Waals surface area contributed by atoms with Crippen molar-refractivity contribution >= 4 is 37.4 Å². The third-order valence-electron chi connectivity index (χ3n) is 5.67. The molecule has 4 rings (SSSR count). The van der Waals surface area contributed by atoms with Gasteiger partial charge in [-0.1, -0.05) is 48.5 Å². The number of benzene rings is 4. The van der Waals surface area contributed by atoms with Crippen LogP contribution in [-0.4, -0.2) is 26.4 Å². The maximum atomic E-state index is 5.87. The van der Waals surface area contributed by atoms with Gasteiger partial charge in [-0.25, -0.2) is 0 Å². The molecule has 39 heavy (non-hydrogen) atoms. The van der Waals surface area contributed by atoms with E-state index in [9.17, 15) is 0 Å². The summed E-state index contributed by atoms with van der Waals surface area (Å²) in [5.41, 5.74) is 0. The lowest BCUT2D eigenvalue weighted by Crippen LogP contribution is -2.24. The summed E-state index contributed by atoms with van der Waals surface area (Å²) in [7, 11) is -2.23. The van der Waals surface area contributed by atoms with Crippen LogP contribution in [0, 0.1) is 0 Å².